The van der Waals surface area contributed by atoms with Gasteiger partial charge in [-0.15, -0.1) is 11.3 Å². The van der Waals surface area contributed by atoms with Crippen LogP contribution in [0.25, 0.3) is 0 Å². The minimum Gasteiger partial charge on any atom is -0.469 e. The van der Waals surface area contributed by atoms with Crippen molar-refractivity contribution in [3.8, 4) is 0 Å². The zero-order valence-electron chi connectivity index (χ0n) is 10.0. The van der Waals surface area contributed by atoms with E-state index in [-0.39, 0.29) is 24.2 Å². The summed E-state index contributed by atoms with van der Waals surface area (Å²) >= 11 is 1.48. The fourth-order valence-electron chi connectivity index (χ4n) is 1.79. The number of rotatable bonds is 2. The van der Waals surface area contributed by atoms with Gasteiger partial charge in [0.1, 0.15) is 0 Å². The van der Waals surface area contributed by atoms with Gasteiger partial charge >= 0.3 is 5.97 Å². The van der Waals surface area contributed by atoms with E-state index in [1.807, 2.05) is 13.8 Å². The largest absolute Gasteiger partial charge is 0.469 e. The minimum atomic E-state index is -0.364. The predicted molar refractivity (Wildman–Crippen MR) is 64.1 cm³/mol. The number of aromatic nitrogens is 1. The minimum absolute atomic E-state index is 0.0610. The van der Waals surface area contributed by atoms with Gasteiger partial charge in [-0.25, -0.2) is 4.98 Å². The average Bonchev–Trinajstić information content (AvgIpc) is 2.82. The van der Waals surface area contributed by atoms with Crippen molar-refractivity contribution in [2.24, 2.45) is 5.92 Å². The van der Waals surface area contributed by atoms with E-state index < -0.39 is 0 Å². The highest BCUT2D eigenvalue weighted by Crippen LogP contribution is 2.30. The van der Waals surface area contributed by atoms with Crippen LogP contribution in [0.5, 0.6) is 0 Å². The van der Waals surface area contributed by atoms with Crippen LogP contribution in [0.4, 0.5) is 5.13 Å². The molecule has 17 heavy (non-hydrogen) atoms. The van der Waals surface area contributed by atoms with Gasteiger partial charge < -0.3 is 4.74 Å². The summed E-state index contributed by atoms with van der Waals surface area (Å²) in [5.41, 5.74) is 0.930. The molecule has 1 aromatic rings. The van der Waals surface area contributed by atoms with Crippen LogP contribution in [0.3, 0.4) is 0 Å². The van der Waals surface area contributed by atoms with Gasteiger partial charge in [-0.05, 0) is 13.8 Å². The lowest BCUT2D eigenvalue weighted by molar-refractivity contribution is -0.145. The number of methoxy groups -OCH3 is 1. The van der Waals surface area contributed by atoms with E-state index in [1.165, 1.54) is 18.4 Å². The quantitative estimate of drug-likeness (QED) is 0.746. The summed E-state index contributed by atoms with van der Waals surface area (Å²) in [7, 11) is 1.34. The van der Waals surface area contributed by atoms with Gasteiger partial charge in [0, 0.05) is 17.8 Å². The summed E-state index contributed by atoms with van der Waals surface area (Å²) < 4.78 is 4.66. The second-order valence-electron chi connectivity index (χ2n) is 4.07. The van der Waals surface area contributed by atoms with Crippen molar-refractivity contribution in [2.45, 2.75) is 20.3 Å². The van der Waals surface area contributed by atoms with Crippen molar-refractivity contribution in [3.63, 3.8) is 0 Å². The smallest absolute Gasteiger partial charge is 0.311 e. The van der Waals surface area contributed by atoms with Crippen molar-refractivity contribution >= 4 is 28.3 Å². The number of anilines is 1. The van der Waals surface area contributed by atoms with Crippen LogP contribution >= 0.6 is 11.3 Å². The number of carbonyl (C=O) groups is 2. The number of carbonyl (C=O) groups excluding carboxylic acids is 2. The molecule has 2 heterocycles. The maximum absolute atomic E-state index is 11.8. The Morgan fingerprint density at radius 3 is 2.76 bits per heavy atom. The number of nitrogens with zero attached hydrogens (tertiary/aromatic N) is 2. The highest BCUT2D eigenvalue weighted by Gasteiger charge is 2.37. The van der Waals surface area contributed by atoms with E-state index in [1.54, 1.807) is 4.90 Å². The van der Waals surface area contributed by atoms with Gasteiger partial charge in [0.15, 0.2) is 5.13 Å². The monoisotopic (exact) mass is 254 g/mol. The lowest BCUT2D eigenvalue weighted by atomic mass is 10.1. The van der Waals surface area contributed by atoms with Crippen LogP contribution in [0.15, 0.2) is 0 Å². The summed E-state index contributed by atoms with van der Waals surface area (Å²) in [6.07, 6.45) is 0.213. The Balaban J connectivity index is 2.18. The van der Waals surface area contributed by atoms with Crippen LogP contribution < -0.4 is 4.90 Å². The Morgan fingerprint density at radius 1 is 1.53 bits per heavy atom. The highest BCUT2D eigenvalue weighted by molar-refractivity contribution is 7.15. The van der Waals surface area contributed by atoms with Crippen molar-refractivity contribution in [1.82, 2.24) is 4.98 Å². The van der Waals surface area contributed by atoms with E-state index in [2.05, 4.69) is 9.72 Å². The van der Waals surface area contributed by atoms with E-state index >= 15 is 0 Å². The molecule has 0 aromatic carbocycles. The Labute approximate surface area is 103 Å². The van der Waals surface area contributed by atoms with Gasteiger partial charge in [-0.2, -0.15) is 0 Å². The molecule has 92 valence electrons. The van der Waals surface area contributed by atoms with Crippen molar-refractivity contribution in [3.05, 3.63) is 10.6 Å². The second-order valence-corrected chi connectivity index (χ2v) is 5.25. The van der Waals surface area contributed by atoms with Crippen LogP contribution in [-0.2, 0) is 14.3 Å². The topological polar surface area (TPSA) is 59.5 Å². The summed E-state index contributed by atoms with van der Waals surface area (Å²) in [5, 5.41) is 0.677. The molecule has 1 unspecified atom stereocenters. The number of ether oxygens (including phenoxy) is 1. The Bertz CT molecular complexity index is 450. The van der Waals surface area contributed by atoms with E-state index in [9.17, 15) is 9.59 Å². The van der Waals surface area contributed by atoms with E-state index in [0.29, 0.717) is 11.7 Å². The lowest BCUT2D eigenvalue weighted by Crippen LogP contribution is -2.26. The number of thiazole rings is 1. The first-order valence-corrected chi connectivity index (χ1v) is 6.16. The SMILES string of the molecule is COC(=O)C1CC(=O)N(c2nc(C)c(C)s2)C1. The fraction of sp³-hybridized carbons (Fsp3) is 0.545. The number of hydrogen-bond acceptors (Lipinski definition) is 5. The van der Waals surface area contributed by atoms with Crippen molar-refractivity contribution in [1.29, 1.82) is 0 Å². The number of aryl methyl sites for hydroxylation is 2. The molecule has 0 radical (unpaired) electrons. The first-order chi connectivity index (χ1) is 8.02. The third-order valence-corrected chi connectivity index (χ3v) is 4.00. The van der Waals surface area contributed by atoms with Crippen molar-refractivity contribution < 1.29 is 14.3 Å². The zero-order chi connectivity index (χ0) is 12.6. The molecule has 0 saturated carbocycles. The zero-order valence-corrected chi connectivity index (χ0v) is 10.8. The van der Waals surface area contributed by atoms with Gasteiger partial charge in [-0.1, -0.05) is 0 Å². The molecular formula is C11H14N2O3S. The molecule has 0 N–H and O–H groups in total. The Morgan fingerprint density at radius 2 is 2.24 bits per heavy atom. The lowest BCUT2D eigenvalue weighted by Gasteiger charge is -2.11. The standard InChI is InChI=1S/C11H14N2O3S/c1-6-7(2)17-11(12-6)13-5-8(4-9(13)14)10(15)16-3/h8H,4-5H2,1-3H3. The number of hydrogen-bond donors (Lipinski definition) is 0. The predicted octanol–water partition coefficient (Wildman–Crippen LogP) is 1.29. The molecular weight excluding hydrogens is 240 g/mol. The van der Waals surface area contributed by atoms with Crippen LogP contribution in [-0.4, -0.2) is 30.5 Å². The summed E-state index contributed by atoms with van der Waals surface area (Å²) in [6, 6.07) is 0. The average molecular weight is 254 g/mol. The molecule has 1 aliphatic heterocycles. The molecule has 0 aliphatic carbocycles. The molecule has 1 atom stereocenters. The molecule has 6 heteroatoms. The Kier molecular flexibility index (Phi) is 3.15. The van der Waals surface area contributed by atoms with E-state index in [0.717, 1.165) is 10.6 Å². The van der Waals surface area contributed by atoms with Gasteiger partial charge in [0.05, 0.1) is 18.7 Å². The number of esters is 1. The molecule has 1 aromatic heterocycles. The molecule has 5 nitrogen and oxygen atoms in total. The normalized spacial score (nSPS) is 19.8. The van der Waals surface area contributed by atoms with Crippen LogP contribution in [0, 0.1) is 19.8 Å². The molecule has 2 rings (SSSR count). The summed E-state index contributed by atoms with van der Waals surface area (Å²) in [6.45, 7) is 4.25. The fourth-order valence-corrected chi connectivity index (χ4v) is 2.72. The van der Waals surface area contributed by atoms with E-state index in [4.69, 9.17) is 0 Å². The van der Waals surface area contributed by atoms with Gasteiger partial charge in [-0.3, -0.25) is 14.5 Å². The molecule has 1 amide bonds. The van der Waals surface area contributed by atoms with Crippen LogP contribution in [0.2, 0.25) is 0 Å². The maximum atomic E-state index is 11.8. The first kappa shape index (κ1) is 12.0. The second kappa shape index (κ2) is 4.44. The number of amides is 1. The molecule has 0 bridgehead atoms. The molecule has 1 fully saturated rings. The highest BCUT2D eigenvalue weighted by atomic mass is 32.1. The third kappa shape index (κ3) is 2.17. The Hall–Kier alpha value is -1.43. The summed E-state index contributed by atoms with van der Waals surface area (Å²) in [4.78, 5) is 30.2. The maximum Gasteiger partial charge on any atom is 0.311 e. The van der Waals surface area contributed by atoms with Gasteiger partial charge in [0.25, 0.3) is 0 Å². The van der Waals surface area contributed by atoms with Crippen LogP contribution in [0.1, 0.15) is 17.0 Å². The summed E-state index contributed by atoms with van der Waals surface area (Å²) in [5.74, 6) is -0.753. The molecule has 1 aliphatic rings. The van der Waals surface area contributed by atoms with Crippen molar-refractivity contribution in [2.75, 3.05) is 18.6 Å². The first-order valence-electron chi connectivity index (χ1n) is 5.35. The third-order valence-electron chi connectivity index (χ3n) is 2.91. The molecule has 1 saturated heterocycles. The van der Waals surface area contributed by atoms with Gasteiger partial charge in [0.2, 0.25) is 5.91 Å². The molecule has 0 spiro atoms.